The Labute approximate surface area is 184 Å². The van der Waals surface area contributed by atoms with E-state index in [1.54, 1.807) is 7.11 Å². The first-order valence-electron chi connectivity index (χ1n) is 9.24. The van der Waals surface area contributed by atoms with Gasteiger partial charge in [-0.2, -0.15) is 0 Å². The number of anilines is 1. The second-order valence-corrected chi connectivity index (χ2v) is 5.72. The maximum Gasteiger partial charge on any atom is 0.195 e. The summed E-state index contributed by atoms with van der Waals surface area (Å²) in [6, 6.07) is 15.8. The first-order chi connectivity index (χ1) is 13.3. The summed E-state index contributed by atoms with van der Waals surface area (Å²) >= 11 is 0. The third-order valence-corrected chi connectivity index (χ3v) is 3.69. The molecule has 2 rings (SSSR count). The lowest BCUT2D eigenvalue weighted by Crippen LogP contribution is -2.31. The summed E-state index contributed by atoms with van der Waals surface area (Å²) in [6.07, 6.45) is 0. The number of hydrogen-bond donors (Lipinski definition) is 2. The lowest BCUT2D eigenvalue weighted by atomic mass is 10.2. The highest BCUT2D eigenvalue weighted by Gasteiger charge is 2.06. The Hall–Kier alpha value is -2.00. The third-order valence-electron chi connectivity index (χ3n) is 3.69. The summed E-state index contributed by atoms with van der Waals surface area (Å²) in [5.74, 6) is 2.11. The van der Waals surface area contributed by atoms with Crippen molar-refractivity contribution in [2.45, 2.75) is 20.5 Å². The van der Waals surface area contributed by atoms with Crippen molar-refractivity contribution in [2.24, 2.45) is 4.99 Å². The number of aliphatic imine (C=N–C) groups is 1. The molecule has 0 saturated heterocycles. The van der Waals surface area contributed by atoms with E-state index in [1.807, 2.05) is 62.4 Å². The number of rotatable bonds is 10. The Bertz CT molecular complexity index is 711. The second kappa shape index (κ2) is 14.1. The summed E-state index contributed by atoms with van der Waals surface area (Å²) in [7, 11) is 1.63. The van der Waals surface area contributed by atoms with E-state index >= 15 is 0 Å². The fraction of sp³-hybridized carbons (Fsp3) is 0.381. The highest BCUT2D eigenvalue weighted by molar-refractivity contribution is 14.0. The van der Waals surface area contributed by atoms with E-state index in [0.29, 0.717) is 38.1 Å². The largest absolute Gasteiger partial charge is 0.493 e. The Morgan fingerprint density at radius 3 is 2.50 bits per heavy atom. The van der Waals surface area contributed by atoms with E-state index in [1.165, 1.54) is 0 Å². The summed E-state index contributed by atoms with van der Waals surface area (Å²) < 4.78 is 16.6. The number of halogens is 1. The van der Waals surface area contributed by atoms with Gasteiger partial charge < -0.3 is 24.8 Å². The molecule has 0 unspecified atom stereocenters. The van der Waals surface area contributed by atoms with E-state index in [0.717, 1.165) is 23.5 Å². The first kappa shape index (κ1) is 24.0. The van der Waals surface area contributed by atoms with E-state index in [2.05, 4.69) is 15.6 Å². The summed E-state index contributed by atoms with van der Waals surface area (Å²) in [5, 5.41) is 6.51. The van der Waals surface area contributed by atoms with E-state index < -0.39 is 0 Å². The number of ether oxygens (including phenoxy) is 3. The van der Waals surface area contributed by atoms with Crippen molar-refractivity contribution in [1.29, 1.82) is 0 Å². The Balaban J connectivity index is 0.00000392. The molecule has 6 nitrogen and oxygen atoms in total. The Kier molecular flexibility index (Phi) is 12.1. The fourth-order valence-electron chi connectivity index (χ4n) is 2.45. The predicted molar refractivity (Wildman–Crippen MR) is 125 cm³/mol. The van der Waals surface area contributed by atoms with Crippen LogP contribution < -0.4 is 20.1 Å². The van der Waals surface area contributed by atoms with Crippen LogP contribution >= 0.6 is 24.0 Å². The third kappa shape index (κ3) is 8.35. The minimum atomic E-state index is 0. The molecule has 0 aliphatic heterocycles. The number of nitrogens with zero attached hydrogens (tertiary/aromatic N) is 1. The summed E-state index contributed by atoms with van der Waals surface area (Å²) in [5.41, 5.74) is 2.04. The van der Waals surface area contributed by atoms with Crippen molar-refractivity contribution in [3.8, 4) is 11.5 Å². The van der Waals surface area contributed by atoms with Crippen molar-refractivity contribution in [1.82, 2.24) is 5.32 Å². The molecule has 0 heterocycles. The quantitative estimate of drug-likeness (QED) is 0.221. The molecule has 28 heavy (non-hydrogen) atoms. The van der Waals surface area contributed by atoms with Crippen LogP contribution in [0, 0.1) is 0 Å². The molecule has 2 aromatic carbocycles. The number of hydrogen-bond acceptors (Lipinski definition) is 4. The second-order valence-electron chi connectivity index (χ2n) is 5.72. The van der Waals surface area contributed by atoms with Crippen LogP contribution in [0.15, 0.2) is 53.5 Å². The van der Waals surface area contributed by atoms with Gasteiger partial charge in [0.05, 0.1) is 33.5 Å². The topological polar surface area (TPSA) is 64.1 Å². The maximum absolute atomic E-state index is 5.68. The minimum absolute atomic E-state index is 0. The van der Waals surface area contributed by atoms with Crippen molar-refractivity contribution in [3.63, 3.8) is 0 Å². The molecule has 0 saturated carbocycles. The van der Waals surface area contributed by atoms with Crippen LogP contribution in [0.2, 0.25) is 0 Å². The number of benzene rings is 2. The molecular formula is C21H30IN3O3. The van der Waals surface area contributed by atoms with Gasteiger partial charge in [0.25, 0.3) is 0 Å². The highest BCUT2D eigenvalue weighted by Crippen LogP contribution is 2.30. The van der Waals surface area contributed by atoms with Crippen LogP contribution in [0.25, 0.3) is 0 Å². The zero-order valence-corrected chi connectivity index (χ0v) is 19.1. The number of methoxy groups -OCH3 is 1. The summed E-state index contributed by atoms with van der Waals surface area (Å²) in [4.78, 5) is 4.55. The van der Waals surface area contributed by atoms with Gasteiger partial charge in [-0.1, -0.05) is 30.3 Å². The maximum atomic E-state index is 5.68. The summed E-state index contributed by atoms with van der Waals surface area (Å²) in [6.45, 7) is 7.05. The number of nitrogens with one attached hydrogen (secondary N) is 2. The molecule has 0 atom stereocenters. The molecule has 7 heteroatoms. The molecule has 154 valence electrons. The smallest absolute Gasteiger partial charge is 0.195 e. The predicted octanol–water partition coefficient (Wildman–Crippen LogP) is 4.31. The molecule has 0 aliphatic carbocycles. The van der Waals surface area contributed by atoms with Crippen molar-refractivity contribution < 1.29 is 14.2 Å². The average molecular weight is 499 g/mol. The SMILES string of the molecule is CCNC(=NCCOCc1ccccc1)Nc1ccc(OCC)c(OC)c1.I. The van der Waals surface area contributed by atoms with Crippen LogP contribution in [-0.2, 0) is 11.3 Å². The van der Waals surface area contributed by atoms with Gasteiger partial charge in [0, 0.05) is 18.3 Å². The molecular weight excluding hydrogens is 469 g/mol. The first-order valence-corrected chi connectivity index (χ1v) is 9.24. The van der Waals surface area contributed by atoms with Gasteiger partial charge >= 0.3 is 0 Å². The zero-order chi connectivity index (χ0) is 19.3. The number of guanidine groups is 1. The van der Waals surface area contributed by atoms with Crippen molar-refractivity contribution in [3.05, 3.63) is 54.1 Å². The van der Waals surface area contributed by atoms with Crippen LogP contribution in [0.1, 0.15) is 19.4 Å². The minimum Gasteiger partial charge on any atom is -0.493 e. The Morgan fingerprint density at radius 1 is 1.04 bits per heavy atom. The molecule has 0 radical (unpaired) electrons. The van der Waals surface area contributed by atoms with Crippen LogP contribution in [0.3, 0.4) is 0 Å². The van der Waals surface area contributed by atoms with Gasteiger partial charge in [-0.05, 0) is 31.5 Å². The van der Waals surface area contributed by atoms with Gasteiger partial charge in [0.2, 0.25) is 0 Å². The van der Waals surface area contributed by atoms with E-state index in [9.17, 15) is 0 Å². The van der Waals surface area contributed by atoms with E-state index in [-0.39, 0.29) is 24.0 Å². The fourth-order valence-corrected chi connectivity index (χ4v) is 2.45. The molecule has 2 aromatic rings. The molecule has 0 spiro atoms. The molecule has 0 amide bonds. The monoisotopic (exact) mass is 499 g/mol. The molecule has 2 N–H and O–H groups in total. The highest BCUT2D eigenvalue weighted by atomic mass is 127. The van der Waals surface area contributed by atoms with Crippen LogP contribution in [0.5, 0.6) is 11.5 Å². The van der Waals surface area contributed by atoms with Gasteiger partial charge in [0.1, 0.15) is 0 Å². The van der Waals surface area contributed by atoms with Gasteiger partial charge in [-0.25, -0.2) is 0 Å². The lowest BCUT2D eigenvalue weighted by molar-refractivity contribution is 0.128. The molecule has 0 aromatic heterocycles. The standard InChI is InChI=1S/C21H29N3O3.HI/c1-4-22-21(23-13-14-26-16-17-9-7-6-8-10-17)24-18-11-12-19(27-5-2)20(15-18)25-3;/h6-12,15H,4-5,13-14,16H2,1-3H3,(H2,22,23,24);1H. The van der Waals surface area contributed by atoms with Gasteiger partial charge in [0.15, 0.2) is 17.5 Å². The van der Waals surface area contributed by atoms with Gasteiger partial charge in [-0.15, -0.1) is 24.0 Å². The van der Waals surface area contributed by atoms with Crippen LogP contribution in [-0.4, -0.2) is 39.4 Å². The molecule has 0 aliphatic rings. The Morgan fingerprint density at radius 2 is 1.82 bits per heavy atom. The van der Waals surface area contributed by atoms with Crippen LogP contribution in [0.4, 0.5) is 5.69 Å². The van der Waals surface area contributed by atoms with Gasteiger partial charge in [-0.3, -0.25) is 4.99 Å². The average Bonchev–Trinajstić information content (AvgIpc) is 2.70. The zero-order valence-electron chi connectivity index (χ0n) is 16.7. The normalized spacial score (nSPS) is 10.8. The molecule has 0 fully saturated rings. The van der Waals surface area contributed by atoms with Crippen molar-refractivity contribution >= 4 is 35.6 Å². The lowest BCUT2D eigenvalue weighted by Gasteiger charge is -2.14. The van der Waals surface area contributed by atoms with E-state index in [4.69, 9.17) is 14.2 Å². The molecule has 0 bridgehead atoms. The van der Waals surface area contributed by atoms with Crippen molar-refractivity contribution in [2.75, 3.05) is 38.7 Å².